The van der Waals surface area contributed by atoms with Crippen LogP contribution < -0.4 is 10.9 Å². The second-order valence-electron chi connectivity index (χ2n) is 7.84. The molecule has 4 aromatic rings. The maximum atomic E-state index is 13.2. The number of hydrogen-bond donors (Lipinski definition) is 2. The Morgan fingerprint density at radius 1 is 1.12 bits per heavy atom. The van der Waals surface area contributed by atoms with E-state index in [1.807, 2.05) is 18.2 Å². The number of likely N-dealkylation sites (tertiary alicyclic amines) is 1. The topological polar surface area (TPSA) is 100 Å². The van der Waals surface area contributed by atoms with E-state index in [0.29, 0.717) is 28.2 Å². The summed E-state index contributed by atoms with van der Waals surface area (Å²) in [4.78, 5) is 24.0. The van der Waals surface area contributed by atoms with Crippen LogP contribution >= 0.6 is 0 Å². The molecule has 0 atom stereocenters. The molecule has 4 heterocycles. The maximum absolute atomic E-state index is 13.2. The lowest BCUT2D eigenvalue weighted by atomic mass is 10.1. The lowest BCUT2D eigenvalue weighted by Crippen LogP contribution is -2.26. The van der Waals surface area contributed by atoms with Gasteiger partial charge in [-0.3, -0.25) is 9.36 Å². The number of pyridine rings is 1. The number of hydrogen-bond acceptors (Lipinski definition) is 7. The fourth-order valence-electron chi connectivity index (χ4n) is 4.11. The minimum Gasteiger partial charge on any atom is -0.452 e. The zero-order valence-corrected chi connectivity index (χ0v) is 17.6. The van der Waals surface area contributed by atoms with Crippen LogP contribution in [-0.2, 0) is 0 Å². The summed E-state index contributed by atoms with van der Waals surface area (Å²) >= 11 is 0. The van der Waals surface area contributed by atoms with Crippen molar-refractivity contribution in [1.82, 2.24) is 19.4 Å². The van der Waals surface area contributed by atoms with Crippen molar-refractivity contribution in [3.8, 4) is 17.3 Å². The lowest BCUT2D eigenvalue weighted by molar-refractivity contribution is 0.352. The molecule has 0 unspecified atom stereocenters. The van der Waals surface area contributed by atoms with Crippen molar-refractivity contribution in [1.29, 1.82) is 5.41 Å². The summed E-state index contributed by atoms with van der Waals surface area (Å²) in [6, 6.07) is 10.8. The van der Waals surface area contributed by atoms with Crippen LogP contribution in [0.3, 0.4) is 0 Å². The minimum absolute atomic E-state index is 0.195. The quantitative estimate of drug-likeness (QED) is 0.437. The molecule has 0 saturated carbocycles. The summed E-state index contributed by atoms with van der Waals surface area (Å²) in [5.41, 5.74) is 2.62. The van der Waals surface area contributed by atoms with Gasteiger partial charge in [0.25, 0.3) is 5.56 Å². The molecule has 0 radical (unpaired) electrons. The van der Waals surface area contributed by atoms with Crippen LogP contribution in [0.15, 0.2) is 64.2 Å². The first-order valence-corrected chi connectivity index (χ1v) is 10.8. The van der Waals surface area contributed by atoms with Crippen LogP contribution in [-0.4, -0.2) is 51.8 Å². The number of fused-ring (bicyclic) bond motifs is 1. The molecule has 1 aliphatic heterocycles. The van der Waals surface area contributed by atoms with Gasteiger partial charge in [-0.25, -0.2) is 9.97 Å². The molecule has 3 aromatic heterocycles. The highest BCUT2D eigenvalue weighted by atomic mass is 16.3. The molecular formula is C24H24N6O2. The van der Waals surface area contributed by atoms with E-state index in [0.717, 1.165) is 37.4 Å². The number of benzene rings is 1. The molecular weight excluding hydrogens is 404 g/mol. The first kappa shape index (κ1) is 20.1. The summed E-state index contributed by atoms with van der Waals surface area (Å²) in [6.07, 6.45) is 8.81. The second-order valence-corrected chi connectivity index (χ2v) is 7.84. The average molecular weight is 428 g/mol. The first-order chi connectivity index (χ1) is 15.7. The van der Waals surface area contributed by atoms with Crippen molar-refractivity contribution in [2.45, 2.75) is 12.8 Å². The van der Waals surface area contributed by atoms with Gasteiger partial charge < -0.3 is 20.0 Å². The summed E-state index contributed by atoms with van der Waals surface area (Å²) in [5, 5.41) is 11.7. The third-order valence-electron chi connectivity index (χ3n) is 5.78. The van der Waals surface area contributed by atoms with Crippen LogP contribution in [0, 0.1) is 5.41 Å². The molecule has 0 amide bonds. The Kier molecular flexibility index (Phi) is 5.51. The fraction of sp³-hybridized carbons (Fsp3) is 0.250. The van der Waals surface area contributed by atoms with E-state index in [-0.39, 0.29) is 5.56 Å². The van der Waals surface area contributed by atoms with Crippen LogP contribution in [0.2, 0.25) is 0 Å². The molecule has 2 N–H and O–H groups in total. The molecule has 1 aliphatic rings. The van der Waals surface area contributed by atoms with Crippen molar-refractivity contribution >= 4 is 22.9 Å². The van der Waals surface area contributed by atoms with Crippen LogP contribution in [0.5, 0.6) is 0 Å². The van der Waals surface area contributed by atoms with E-state index in [1.165, 1.54) is 19.1 Å². The Hall–Kier alpha value is -3.78. The molecule has 162 valence electrons. The van der Waals surface area contributed by atoms with Crippen LogP contribution in [0.1, 0.15) is 18.4 Å². The van der Waals surface area contributed by atoms with Gasteiger partial charge in [0, 0.05) is 60.9 Å². The van der Waals surface area contributed by atoms with Crippen molar-refractivity contribution in [2.24, 2.45) is 0 Å². The van der Waals surface area contributed by atoms with E-state index in [1.54, 1.807) is 41.4 Å². The van der Waals surface area contributed by atoms with E-state index >= 15 is 0 Å². The Bertz CT molecular complexity index is 1310. The van der Waals surface area contributed by atoms with E-state index in [4.69, 9.17) is 9.83 Å². The molecule has 0 aliphatic carbocycles. The SMILES string of the molecule is N=Cc1cc(-n2ccc3oc(-c4ncccn4)cc3c2=O)ccc1NCCN1CCCC1. The number of nitrogens with zero attached hydrogens (tertiary/aromatic N) is 4. The number of rotatable bonds is 7. The average Bonchev–Trinajstić information content (AvgIpc) is 3.51. The standard InChI is InChI=1S/C24H24N6O2/c25-16-17-14-18(4-5-20(17)26-9-13-29-10-1-2-11-29)30-12-6-21-19(24(30)31)15-22(32-21)23-27-7-3-8-28-23/h3-8,12,14-16,25-26H,1-2,9-11,13H2. The summed E-state index contributed by atoms with van der Waals surface area (Å²) < 4.78 is 7.35. The Balaban J connectivity index is 1.42. The number of furan rings is 1. The predicted molar refractivity (Wildman–Crippen MR) is 125 cm³/mol. The predicted octanol–water partition coefficient (Wildman–Crippen LogP) is 3.55. The van der Waals surface area contributed by atoms with Gasteiger partial charge in [0.15, 0.2) is 11.6 Å². The molecule has 1 fully saturated rings. The molecule has 8 heteroatoms. The van der Waals surface area contributed by atoms with Gasteiger partial charge in [0.1, 0.15) is 5.58 Å². The van der Waals surface area contributed by atoms with Gasteiger partial charge in [-0.2, -0.15) is 0 Å². The van der Waals surface area contributed by atoms with Gasteiger partial charge in [-0.15, -0.1) is 0 Å². The highest BCUT2D eigenvalue weighted by Crippen LogP contribution is 2.24. The molecule has 1 saturated heterocycles. The van der Waals surface area contributed by atoms with Crippen LogP contribution in [0.25, 0.3) is 28.2 Å². The summed E-state index contributed by atoms with van der Waals surface area (Å²) in [5.74, 6) is 0.887. The van der Waals surface area contributed by atoms with Crippen LogP contribution in [0.4, 0.5) is 5.69 Å². The third-order valence-corrected chi connectivity index (χ3v) is 5.78. The van der Waals surface area contributed by atoms with Gasteiger partial charge in [0.2, 0.25) is 0 Å². The third kappa shape index (κ3) is 3.92. The van der Waals surface area contributed by atoms with Crippen molar-refractivity contribution in [3.05, 3.63) is 70.9 Å². The maximum Gasteiger partial charge on any atom is 0.266 e. The molecule has 32 heavy (non-hydrogen) atoms. The highest BCUT2D eigenvalue weighted by molar-refractivity contribution is 5.87. The first-order valence-electron chi connectivity index (χ1n) is 10.8. The fourth-order valence-corrected chi connectivity index (χ4v) is 4.11. The lowest BCUT2D eigenvalue weighted by Gasteiger charge is -2.17. The number of nitrogens with one attached hydrogen (secondary N) is 2. The van der Waals surface area contributed by atoms with E-state index in [9.17, 15) is 4.79 Å². The zero-order chi connectivity index (χ0) is 21.9. The smallest absolute Gasteiger partial charge is 0.266 e. The van der Waals surface area contributed by atoms with Gasteiger partial charge in [-0.05, 0) is 56.3 Å². The largest absolute Gasteiger partial charge is 0.452 e. The molecule has 1 aromatic carbocycles. The second kappa shape index (κ2) is 8.76. The zero-order valence-electron chi connectivity index (χ0n) is 17.6. The number of anilines is 1. The normalized spacial score (nSPS) is 14.1. The van der Waals surface area contributed by atoms with Crippen molar-refractivity contribution in [2.75, 3.05) is 31.5 Å². The molecule has 0 bridgehead atoms. The van der Waals surface area contributed by atoms with E-state index < -0.39 is 0 Å². The Morgan fingerprint density at radius 2 is 1.94 bits per heavy atom. The molecule has 5 rings (SSSR count). The monoisotopic (exact) mass is 428 g/mol. The Labute approximate surface area is 185 Å². The van der Waals surface area contributed by atoms with E-state index in [2.05, 4.69) is 20.2 Å². The molecule has 0 spiro atoms. The summed E-state index contributed by atoms with van der Waals surface area (Å²) in [6.45, 7) is 4.14. The van der Waals surface area contributed by atoms with Gasteiger partial charge >= 0.3 is 0 Å². The van der Waals surface area contributed by atoms with Gasteiger partial charge in [0.05, 0.1) is 5.39 Å². The number of aromatic nitrogens is 3. The van der Waals surface area contributed by atoms with Crippen molar-refractivity contribution < 1.29 is 4.42 Å². The van der Waals surface area contributed by atoms with Gasteiger partial charge in [-0.1, -0.05) is 0 Å². The Morgan fingerprint density at radius 3 is 2.72 bits per heavy atom. The minimum atomic E-state index is -0.195. The highest BCUT2D eigenvalue weighted by Gasteiger charge is 2.14. The summed E-state index contributed by atoms with van der Waals surface area (Å²) in [7, 11) is 0. The van der Waals surface area contributed by atoms with Crippen molar-refractivity contribution in [3.63, 3.8) is 0 Å². The molecule has 8 nitrogen and oxygen atoms in total.